The molecule has 0 unspecified atom stereocenters. The molecule has 0 aliphatic heterocycles. The van der Waals surface area contributed by atoms with Gasteiger partial charge in [0, 0.05) is 5.56 Å². The van der Waals surface area contributed by atoms with Crippen LogP contribution in [0.5, 0.6) is 5.75 Å². The van der Waals surface area contributed by atoms with Gasteiger partial charge in [0.15, 0.2) is 5.90 Å². The molecule has 5 heteroatoms. The predicted molar refractivity (Wildman–Crippen MR) is 77.7 cm³/mol. The van der Waals surface area contributed by atoms with Gasteiger partial charge in [0.2, 0.25) is 0 Å². The molecule has 0 radical (unpaired) electrons. The Labute approximate surface area is 119 Å². The average molecular weight is 279 g/mol. The minimum absolute atomic E-state index is 0.0261. The van der Waals surface area contributed by atoms with Crippen LogP contribution in [-0.2, 0) is 14.3 Å². The molecule has 0 saturated heterocycles. The lowest BCUT2D eigenvalue weighted by Crippen LogP contribution is -2.14. The van der Waals surface area contributed by atoms with E-state index in [2.05, 4.69) is 4.99 Å². The van der Waals surface area contributed by atoms with Crippen LogP contribution in [0.15, 0.2) is 23.2 Å². The van der Waals surface area contributed by atoms with E-state index in [1.807, 2.05) is 32.0 Å². The molecule has 1 rings (SSSR count). The van der Waals surface area contributed by atoms with Gasteiger partial charge in [-0.25, -0.2) is 4.99 Å². The molecule has 0 aromatic heterocycles. The SMILES string of the molecule is CCOC(=O)C/C(=N\c1cccc(OC)c1C)OCC. The smallest absolute Gasteiger partial charge is 0.315 e. The summed E-state index contributed by atoms with van der Waals surface area (Å²) < 4.78 is 15.6. The van der Waals surface area contributed by atoms with Crippen LogP contribution in [0.2, 0.25) is 0 Å². The second kappa shape index (κ2) is 8.19. The van der Waals surface area contributed by atoms with Gasteiger partial charge in [-0.1, -0.05) is 6.07 Å². The molecule has 5 nitrogen and oxygen atoms in total. The van der Waals surface area contributed by atoms with Crippen molar-refractivity contribution in [2.45, 2.75) is 27.2 Å². The third kappa shape index (κ3) is 4.57. The van der Waals surface area contributed by atoms with Gasteiger partial charge in [0.25, 0.3) is 0 Å². The van der Waals surface area contributed by atoms with E-state index in [0.717, 1.165) is 17.0 Å². The van der Waals surface area contributed by atoms with E-state index in [1.165, 1.54) is 0 Å². The molecule has 0 bridgehead atoms. The van der Waals surface area contributed by atoms with Gasteiger partial charge in [-0.3, -0.25) is 4.79 Å². The molecule has 0 atom stereocenters. The first kappa shape index (κ1) is 16.0. The second-order valence-corrected chi connectivity index (χ2v) is 4.02. The highest BCUT2D eigenvalue weighted by atomic mass is 16.5. The summed E-state index contributed by atoms with van der Waals surface area (Å²) in [5, 5.41) is 0. The van der Waals surface area contributed by atoms with Crippen LogP contribution in [-0.4, -0.2) is 32.2 Å². The minimum atomic E-state index is -0.347. The summed E-state index contributed by atoms with van der Waals surface area (Å²) in [6.07, 6.45) is 0.0261. The molecular formula is C15H21NO4. The maximum absolute atomic E-state index is 11.5. The summed E-state index contributed by atoms with van der Waals surface area (Å²) in [5.74, 6) is 0.751. The Morgan fingerprint density at radius 2 is 1.90 bits per heavy atom. The summed E-state index contributed by atoms with van der Waals surface area (Å²) in [4.78, 5) is 15.9. The Morgan fingerprint density at radius 3 is 2.50 bits per heavy atom. The average Bonchev–Trinajstić information content (AvgIpc) is 2.41. The summed E-state index contributed by atoms with van der Waals surface area (Å²) in [6, 6.07) is 5.56. The van der Waals surface area contributed by atoms with Crippen molar-refractivity contribution < 1.29 is 19.0 Å². The number of hydrogen-bond donors (Lipinski definition) is 0. The fraction of sp³-hybridized carbons (Fsp3) is 0.467. The molecule has 1 aromatic carbocycles. The second-order valence-electron chi connectivity index (χ2n) is 4.02. The molecule has 1 aromatic rings. The zero-order valence-corrected chi connectivity index (χ0v) is 12.4. The van der Waals surface area contributed by atoms with Crippen molar-refractivity contribution in [3.8, 4) is 5.75 Å². The Hall–Kier alpha value is -2.04. The van der Waals surface area contributed by atoms with E-state index in [4.69, 9.17) is 14.2 Å². The lowest BCUT2D eigenvalue weighted by atomic mass is 10.2. The molecule has 0 heterocycles. The normalized spacial score (nSPS) is 11.1. The molecular weight excluding hydrogens is 258 g/mol. The predicted octanol–water partition coefficient (Wildman–Crippen LogP) is 3.02. The summed E-state index contributed by atoms with van der Waals surface area (Å²) in [7, 11) is 1.61. The van der Waals surface area contributed by atoms with Crippen molar-refractivity contribution in [1.82, 2.24) is 0 Å². The van der Waals surface area contributed by atoms with Crippen LogP contribution >= 0.6 is 0 Å². The fourth-order valence-corrected chi connectivity index (χ4v) is 1.70. The quantitative estimate of drug-likeness (QED) is 0.456. The van der Waals surface area contributed by atoms with Crippen molar-refractivity contribution in [1.29, 1.82) is 0 Å². The van der Waals surface area contributed by atoms with E-state index in [-0.39, 0.29) is 12.4 Å². The number of carbonyl (C=O) groups excluding carboxylic acids is 1. The molecule has 0 fully saturated rings. The first-order valence-corrected chi connectivity index (χ1v) is 6.61. The van der Waals surface area contributed by atoms with E-state index < -0.39 is 0 Å². The lowest BCUT2D eigenvalue weighted by molar-refractivity contribution is -0.141. The van der Waals surface area contributed by atoms with Crippen LogP contribution in [0.3, 0.4) is 0 Å². The molecule has 0 amide bonds. The number of carbonyl (C=O) groups is 1. The highest BCUT2D eigenvalue weighted by Crippen LogP contribution is 2.27. The molecule has 0 aliphatic rings. The number of rotatable bonds is 6. The summed E-state index contributed by atoms with van der Waals surface area (Å²) in [5.41, 5.74) is 1.62. The lowest BCUT2D eigenvalue weighted by Gasteiger charge is -2.10. The summed E-state index contributed by atoms with van der Waals surface area (Å²) >= 11 is 0. The van der Waals surface area contributed by atoms with E-state index in [1.54, 1.807) is 14.0 Å². The Morgan fingerprint density at radius 1 is 1.20 bits per heavy atom. The monoisotopic (exact) mass is 279 g/mol. The van der Waals surface area contributed by atoms with E-state index in [0.29, 0.717) is 19.1 Å². The third-order valence-corrected chi connectivity index (χ3v) is 2.63. The molecule has 20 heavy (non-hydrogen) atoms. The molecule has 0 spiro atoms. The zero-order valence-electron chi connectivity index (χ0n) is 12.4. The van der Waals surface area contributed by atoms with Crippen molar-refractivity contribution >= 4 is 17.6 Å². The number of benzene rings is 1. The Balaban J connectivity index is 2.98. The molecule has 0 N–H and O–H groups in total. The van der Waals surface area contributed by atoms with Gasteiger partial charge in [-0.05, 0) is 32.9 Å². The molecule has 110 valence electrons. The fourth-order valence-electron chi connectivity index (χ4n) is 1.70. The van der Waals surface area contributed by atoms with E-state index in [9.17, 15) is 4.79 Å². The maximum atomic E-state index is 11.5. The van der Waals surface area contributed by atoms with Gasteiger partial charge >= 0.3 is 5.97 Å². The number of methoxy groups -OCH3 is 1. The number of hydrogen-bond acceptors (Lipinski definition) is 5. The maximum Gasteiger partial charge on any atom is 0.315 e. The molecule has 0 aliphatic carbocycles. The van der Waals surface area contributed by atoms with Gasteiger partial charge < -0.3 is 14.2 Å². The van der Waals surface area contributed by atoms with Crippen LogP contribution in [0, 0.1) is 6.92 Å². The van der Waals surface area contributed by atoms with Crippen molar-refractivity contribution in [3.63, 3.8) is 0 Å². The van der Waals surface area contributed by atoms with Gasteiger partial charge in [-0.15, -0.1) is 0 Å². The van der Waals surface area contributed by atoms with Gasteiger partial charge in [-0.2, -0.15) is 0 Å². The highest BCUT2D eigenvalue weighted by molar-refractivity contribution is 5.95. The minimum Gasteiger partial charge on any atom is -0.496 e. The first-order valence-electron chi connectivity index (χ1n) is 6.61. The first-order chi connectivity index (χ1) is 9.62. The van der Waals surface area contributed by atoms with Crippen molar-refractivity contribution in [2.75, 3.05) is 20.3 Å². The Kier molecular flexibility index (Phi) is 6.56. The van der Waals surface area contributed by atoms with Crippen LogP contribution in [0.1, 0.15) is 25.8 Å². The van der Waals surface area contributed by atoms with Gasteiger partial charge in [0.1, 0.15) is 12.2 Å². The van der Waals surface area contributed by atoms with Crippen LogP contribution in [0.4, 0.5) is 5.69 Å². The van der Waals surface area contributed by atoms with Crippen LogP contribution < -0.4 is 4.74 Å². The number of aliphatic imine (C=N–C) groups is 1. The largest absolute Gasteiger partial charge is 0.496 e. The van der Waals surface area contributed by atoms with E-state index >= 15 is 0 Å². The standard InChI is InChI=1S/C15H21NO4/c1-5-19-14(10-15(17)20-6-2)16-12-8-7-9-13(18-4)11(12)3/h7-9H,5-6,10H2,1-4H3/b16-14+. The molecule has 0 saturated carbocycles. The van der Waals surface area contributed by atoms with Crippen molar-refractivity contribution in [2.24, 2.45) is 4.99 Å². The number of ether oxygens (including phenoxy) is 3. The Bertz CT molecular complexity index is 483. The zero-order chi connectivity index (χ0) is 15.0. The van der Waals surface area contributed by atoms with Crippen molar-refractivity contribution in [3.05, 3.63) is 23.8 Å². The topological polar surface area (TPSA) is 57.1 Å². The van der Waals surface area contributed by atoms with Crippen LogP contribution in [0.25, 0.3) is 0 Å². The number of nitrogens with zero attached hydrogens (tertiary/aromatic N) is 1. The van der Waals surface area contributed by atoms with Gasteiger partial charge in [0.05, 0.1) is 26.0 Å². The highest BCUT2D eigenvalue weighted by Gasteiger charge is 2.11. The third-order valence-electron chi connectivity index (χ3n) is 2.63. The number of esters is 1. The summed E-state index contributed by atoms with van der Waals surface area (Å²) in [6.45, 7) is 6.31.